The molecule has 0 amide bonds. The molecule has 3 rings (SSSR count). The molecule has 1 aliphatic rings. The minimum absolute atomic E-state index is 0.533. The molecule has 0 aromatic carbocycles. The molecule has 0 aliphatic heterocycles. The van der Waals surface area contributed by atoms with Crippen molar-refractivity contribution in [1.82, 2.24) is 19.3 Å². The van der Waals surface area contributed by atoms with E-state index in [0.717, 1.165) is 28.3 Å². The lowest BCUT2D eigenvalue weighted by Gasteiger charge is -2.28. The summed E-state index contributed by atoms with van der Waals surface area (Å²) in [6.45, 7) is 4.49. The second-order valence-electron chi connectivity index (χ2n) is 5.85. The van der Waals surface area contributed by atoms with Gasteiger partial charge in [0.2, 0.25) is 0 Å². The normalized spacial score (nSPS) is 24.2. The molecule has 0 bridgehead atoms. The molecule has 2 heterocycles. The molecule has 0 radical (unpaired) electrons. The van der Waals surface area contributed by atoms with Crippen LogP contribution < -0.4 is 0 Å². The topological polar surface area (TPSA) is 38.5 Å². The molecule has 1 aliphatic carbocycles. The number of fused-ring (bicyclic) bond motifs is 1. The molecule has 4 nitrogen and oxygen atoms in total. The number of hydrogen-bond acceptors (Lipinski definition) is 2. The van der Waals surface area contributed by atoms with Crippen molar-refractivity contribution in [3.8, 4) is 0 Å². The SMILES string of the molecule is CCc1nn(C)c2c1[nH]c(=S)n2C1CCCC(C)C1. The Morgan fingerprint density at radius 3 is 2.89 bits per heavy atom. The van der Waals surface area contributed by atoms with Crippen LogP contribution in [0.4, 0.5) is 0 Å². The van der Waals surface area contributed by atoms with Gasteiger partial charge < -0.3 is 4.98 Å². The van der Waals surface area contributed by atoms with Gasteiger partial charge in [0, 0.05) is 13.1 Å². The van der Waals surface area contributed by atoms with E-state index in [0.29, 0.717) is 6.04 Å². The Labute approximate surface area is 118 Å². The van der Waals surface area contributed by atoms with Gasteiger partial charge in [-0.15, -0.1) is 0 Å². The largest absolute Gasteiger partial charge is 0.328 e. The summed E-state index contributed by atoms with van der Waals surface area (Å²) < 4.78 is 5.16. The van der Waals surface area contributed by atoms with E-state index in [2.05, 4.69) is 28.5 Å². The Hall–Kier alpha value is -1.10. The van der Waals surface area contributed by atoms with E-state index in [1.807, 2.05) is 11.7 Å². The maximum absolute atomic E-state index is 5.56. The summed E-state index contributed by atoms with van der Waals surface area (Å²) in [6.07, 6.45) is 6.06. The zero-order valence-corrected chi connectivity index (χ0v) is 12.8. The van der Waals surface area contributed by atoms with E-state index < -0.39 is 0 Å². The van der Waals surface area contributed by atoms with Crippen LogP contribution in [0.3, 0.4) is 0 Å². The highest BCUT2D eigenvalue weighted by atomic mass is 32.1. The number of nitrogens with zero attached hydrogens (tertiary/aromatic N) is 3. The summed E-state index contributed by atoms with van der Waals surface area (Å²) in [4.78, 5) is 3.37. The van der Waals surface area contributed by atoms with Crippen molar-refractivity contribution >= 4 is 23.4 Å². The van der Waals surface area contributed by atoms with Crippen LogP contribution in [0.2, 0.25) is 0 Å². The van der Waals surface area contributed by atoms with Crippen LogP contribution in [-0.4, -0.2) is 19.3 Å². The average Bonchev–Trinajstić information content (AvgIpc) is 2.86. The first-order valence-corrected chi connectivity index (χ1v) is 7.68. The van der Waals surface area contributed by atoms with Gasteiger partial charge in [0.15, 0.2) is 10.4 Å². The summed E-state index contributed by atoms with van der Waals surface area (Å²) >= 11 is 5.56. The maximum Gasteiger partial charge on any atom is 0.179 e. The van der Waals surface area contributed by atoms with Gasteiger partial charge in [0.25, 0.3) is 0 Å². The van der Waals surface area contributed by atoms with Crippen molar-refractivity contribution in [1.29, 1.82) is 0 Å². The highest BCUT2D eigenvalue weighted by Crippen LogP contribution is 2.34. The van der Waals surface area contributed by atoms with Crippen LogP contribution in [0.1, 0.15) is 51.3 Å². The summed E-state index contributed by atoms with van der Waals surface area (Å²) in [7, 11) is 2.02. The Balaban J connectivity index is 2.15. The highest BCUT2D eigenvalue weighted by molar-refractivity contribution is 7.71. The summed E-state index contributed by atoms with van der Waals surface area (Å²) in [5.41, 5.74) is 3.42. The molecule has 104 valence electrons. The fourth-order valence-electron chi connectivity index (χ4n) is 3.46. The molecule has 1 saturated carbocycles. The van der Waals surface area contributed by atoms with Gasteiger partial charge >= 0.3 is 0 Å². The Morgan fingerprint density at radius 1 is 1.42 bits per heavy atom. The zero-order chi connectivity index (χ0) is 13.6. The molecule has 2 aromatic heterocycles. The molecule has 2 atom stereocenters. The van der Waals surface area contributed by atoms with Gasteiger partial charge in [-0.05, 0) is 37.4 Å². The van der Waals surface area contributed by atoms with Gasteiger partial charge in [0.1, 0.15) is 5.52 Å². The highest BCUT2D eigenvalue weighted by Gasteiger charge is 2.24. The number of nitrogens with one attached hydrogen (secondary N) is 1. The first-order chi connectivity index (χ1) is 9.11. The Morgan fingerprint density at radius 2 is 2.21 bits per heavy atom. The number of rotatable bonds is 2. The van der Waals surface area contributed by atoms with Crippen LogP contribution in [-0.2, 0) is 13.5 Å². The predicted octanol–water partition coefficient (Wildman–Crippen LogP) is 3.75. The first kappa shape index (κ1) is 12.9. The molecule has 5 heteroatoms. The zero-order valence-electron chi connectivity index (χ0n) is 11.9. The van der Waals surface area contributed by atoms with E-state index in [9.17, 15) is 0 Å². The Kier molecular flexibility index (Phi) is 3.25. The second kappa shape index (κ2) is 4.78. The lowest BCUT2D eigenvalue weighted by Crippen LogP contribution is -2.18. The minimum atomic E-state index is 0.533. The van der Waals surface area contributed by atoms with Gasteiger partial charge in [0.05, 0.1) is 5.69 Å². The van der Waals surface area contributed by atoms with E-state index in [4.69, 9.17) is 12.2 Å². The second-order valence-corrected chi connectivity index (χ2v) is 6.23. The molecule has 1 N–H and O–H groups in total. The van der Waals surface area contributed by atoms with Gasteiger partial charge in [-0.3, -0.25) is 9.25 Å². The quantitative estimate of drug-likeness (QED) is 0.850. The standard InChI is InChI=1S/C14H22N4S/c1-4-11-12-13(17(3)16-11)18(14(19)15-12)10-7-5-6-9(2)8-10/h9-10H,4-8H2,1-3H3,(H,15,19). The smallest absolute Gasteiger partial charge is 0.179 e. The molecule has 19 heavy (non-hydrogen) atoms. The van der Waals surface area contributed by atoms with Gasteiger partial charge in [-0.1, -0.05) is 26.7 Å². The van der Waals surface area contributed by atoms with Crippen LogP contribution >= 0.6 is 12.2 Å². The number of aromatic nitrogens is 4. The average molecular weight is 278 g/mol. The summed E-state index contributed by atoms with van der Waals surface area (Å²) in [6, 6.07) is 0.533. The van der Waals surface area contributed by atoms with Crippen LogP contribution in [0.15, 0.2) is 0 Å². The number of hydrogen-bond donors (Lipinski definition) is 1. The van der Waals surface area contributed by atoms with Crippen molar-refractivity contribution in [2.45, 2.75) is 52.0 Å². The minimum Gasteiger partial charge on any atom is -0.328 e. The molecule has 2 unspecified atom stereocenters. The van der Waals surface area contributed by atoms with E-state index in [1.165, 1.54) is 31.3 Å². The third-order valence-electron chi connectivity index (χ3n) is 4.38. The van der Waals surface area contributed by atoms with Gasteiger partial charge in [-0.25, -0.2) is 0 Å². The molecule has 0 saturated heterocycles. The predicted molar refractivity (Wildman–Crippen MR) is 79.9 cm³/mol. The molecular formula is C14H22N4S. The third-order valence-corrected chi connectivity index (χ3v) is 4.68. The summed E-state index contributed by atoms with van der Waals surface area (Å²) in [5, 5.41) is 4.60. The fraction of sp³-hybridized carbons (Fsp3) is 0.714. The number of aromatic amines is 1. The fourth-order valence-corrected chi connectivity index (χ4v) is 3.80. The van der Waals surface area contributed by atoms with Crippen LogP contribution in [0.5, 0.6) is 0 Å². The van der Waals surface area contributed by atoms with Crippen LogP contribution in [0.25, 0.3) is 11.2 Å². The summed E-state index contributed by atoms with van der Waals surface area (Å²) in [5.74, 6) is 0.796. The third kappa shape index (κ3) is 2.04. The Bertz CT molecular complexity index is 648. The number of imidazole rings is 1. The van der Waals surface area contributed by atoms with Crippen molar-refractivity contribution in [2.75, 3.05) is 0 Å². The van der Waals surface area contributed by atoms with Gasteiger partial charge in [-0.2, -0.15) is 5.10 Å². The van der Waals surface area contributed by atoms with E-state index in [-0.39, 0.29) is 0 Å². The molecule has 1 fully saturated rings. The number of aryl methyl sites for hydroxylation is 2. The molecule has 0 spiro atoms. The van der Waals surface area contributed by atoms with Crippen molar-refractivity contribution < 1.29 is 0 Å². The van der Waals surface area contributed by atoms with Crippen molar-refractivity contribution in [3.63, 3.8) is 0 Å². The molecule has 2 aromatic rings. The monoisotopic (exact) mass is 278 g/mol. The molecular weight excluding hydrogens is 256 g/mol. The maximum atomic E-state index is 5.56. The lowest BCUT2D eigenvalue weighted by molar-refractivity contribution is 0.283. The van der Waals surface area contributed by atoms with E-state index in [1.54, 1.807) is 0 Å². The van der Waals surface area contributed by atoms with Crippen molar-refractivity contribution in [3.05, 3.63) is 10.5 Å². The first-order valence-electron chi connectivity index (χ1n) is 7.27. The van der Waals surface area contributed by atoms with E-state index >= 15 is 0 Å². The lowest BCUT2D eigenvalue weighted by atomic mass is 9.87. The number of H-pyrrole nitrogens is 1. The van der Waals surface area contributed by atoms with Crippen LogP contribution in [0, 0.1) is 10.7 Å². The van der Waals surface area contributed by atoms with Crippen molar-refractivity contribution in [2.24, 2.45) is 13.0 Å².